The smallest absolute Gasteiger partial charge is 0.164 e. The number of aromatic nitrogens is 2. The molecule has 2 aliphatic rings. The summed E-state index contributed by atoms with van der Waals surface area (Å²) in [7, 11) is 0. The van der Waals surface area contributed by atoms with Crippen molar-refractivity contribution in [1.82, 2.24) is 9.97 Å². The molecule has 4 heterocycles. The van der Waals surface area contributed by atoms with Crippen molar-refractivity contribution in [2.45, 2.75) is 51.4 Å². The van der Waals surface area contributed by atoms with Gasteiger partial charge < -0.3 is 9.47 Å². The molecule has 0 aromatic carbocycles. The van der Waals surface area contributed by atoms with Crippen LogP contribution in [0.4, 0.5) is 0 Å². The van der Waals surface area contributed by atoms with Gasteiger partial charge >= 0.3 is 0 Å². The molecule has 1 atom stereocenters. The van der Waals surface area contributed by atoms with E-state index in [-0.39, 0.29) is 0 Å². The molecule has 4 nitrogen and oxygen atoms in total. The van der Waals surface area contributed by atoms with E-state index >= 15 is 0 Å². The van der Waals surface area contributed by atoms with Crippen LogP contribution in [0.2, 0.25) is 0 Å². The van der Waals surface area contributed by atoms with Crippen LogP contribution in [0.25, 0.3) is 21.5 Å². The van der Waals surface area contributed by atoms with Crippen molar-refractivity contribution < 1.29 is 9.47 Å². The number of halogens is 1. The quantitative estimate of drug-likeness (QED) is 0.439. The molecule has 160 valence electrons. The average molecular weight is 453 g/mol. The Bertz CT molecular complexity index is 1210. The van der Waals surface area contributed by atoms with Crippen molar-refractivity contribution >= 4 is 33.2 Å². The maximum Gasteiger partial charge on any atom is 0.164 e. The fourth-order valence-corrected chi connectivity index (χ4v) is 5.67. The van der Waals surface area contributed by atoms with Crippen LogP contribution in [0.15, 0.2) is 59.4 Å². The van der Waals surface area contributed by atoms with Gasteiger partial charge in [0.2, 0.25) is 0 Å². The summed E-state index contributed by atoms with van der Waals surface area (Å²) in [5.74, 6) is -0.589. The number of thiophene rings is 1. The first-order valence-corrected chi connectivity index (χ1v) is 11.7. The van der Waals surface area contributed by atoms with E-state index in [9.17, 15) is 0 Å². The monoisotopic (exact) mass is 452 g/mol. The summed E-state index contributed by atoms with van der Waals surface area (Å²) >= 11 is 8.22. The summed E-state index contributed by atoms with van der Waals surface area (Å²) < 4.78 is 13.2. The minimum absolute atomic E-state index is 0.496. The first kappa shape index (κ1) is 20.8. The molecular weight excluding hydrogens is 428 g/mol. The molecule has 0 spiro atoms. The highest BCUT2D eigenvalue weighted by Crippen LogP contribution is 2.40. The van der Waals surface area contributed by atoms with Crippen molar-refractivity contribution in [2.24, 2.45) is 0 Å². The Balaban J connectivity index is 1.51. The van der Waals surface area contributed by atoms with Gasteiger partial charge in [0.25, 0.3) is 0 Å². The lowest BCUT2D eigenvalue weighted by atomic mass is 9.96. The molecular formula is C25H25ClN2O2S. The van der Waals surface area contributed by atoms with Gasteiger partial charge in [-0.05, 0) is 69.0 Å². The summed E-state index contributed by atoms with van der Waals surface area (Å²) in [6.07, 6.45) is 10.8. The summed E-state index contributed by atoms with van der Waals surface area (Å²) in [5.41, 5.74) is 4.77. The van der Waals surface area contributed by atoms with Crippen molar-refractivity contribution in [1.29, 1.82) is 0 Å². The van der Waals surface area contributed by atoms with Crippen LogP contribution in [0.5, 0.6) is 0 Å². The lowest BCUT2D eigenvalue weighted by molar-refractivity contribution is -0.159. The molecule has 0 bridgehead atoms. The zero-order valence-corrected chi connectivity index (χ0v) is 19.5. The van der Waals surface area contributed by atoms with Crippen LogP contribution in [0.3, 0.4) is 0 Å². The minimum Gasteiger partial charge on any atom is -0.347 e. The van der Waals surface area contributed by atoms with E-state index in [1.54, 1.807) is 11.3 Å². The number of allylic oxidation sites excluding steroid dienone is 4. The molecule has 1 aliphatic carbocycles. The molecule has 3 aromatic heterocycles. The van der Waals surface area contributed by atoms with Crippen LogP contribution in [0.1, 0.15) is 44.1 Å². The van der Waals surface area contributed by atoms with E-state index in [2.05, 4.69) is 41.2 Å². The van der Waals surface area contributed by atoms with Gasteiger partial charge in [-0.15, -0.1) is 11.3 Å². The number of rotatable bonds is 4. The SMILES string of the molecule is CC1(C)OCC(C)(c2ccnc(-c3ccnc4cc(CC5=C(Cl)CCC=C5)sc34)c2)O1. The van der Waals surface area contributed by atoms with Gasteiger partial charge in [0.1, 0.15) is 5.60 Å². The van der Waals surface area contributed by atoms with Gasteiger partial charge in [0.05, 0.1) is 22.5 Å². The number of nitrogens with zero attached hydrogens (tertiary/aromatic N) is 2. The molecule has 0 radical (unpaired) electrons. The molecule has 1 unspecified atom stereocenters. The predicted molar refractivity (Wildman–Crippen MR) is 126 cm³/mol. The molecule has 1 aliphatic heterocycles. The van der Waals surface area contributed by atoms with E-state index in [0.29, 0.717) is 6.61 Å². The minimum atomic E-state index is -0.589. The molecule has 0 amide bonds. The number of ether oxygens (including phenoxy) is 2. The maximum absolute atomic E-state index is 6.46. The average Bonchev–Trinajstić information content (AvgIpc) is 3.29. The first-order chi connectivity index (χ1) is 14.8. The van der Waals surface area contributed by atoms with Crippen LogP contribution in [-0.4, -0.2) is 22.4 Å². The van der Waals surface area contributed by atoms with Crippen molar-refractivity contribution in [3.63, 3.8) is 0 Å². The Morgan fingerprint density at radius 2 is 1.97 bits per heavy atom. The molecule has 0 N–H and O–H groups in total. The Labute approximate surface area is 191 Å². The third kappa shape index (κ3) is 4.08. The Morgan fingerprint density at radius 3 is 2.74 bits per heavy atom. The summed E-state index contributed by atoms with van der Waals surface area (Å²) in [5, 5.41) is 0.970. The second-order valence-corrected chi connectivity index (χ2v) is 10.4. The molecule has 31 heavy (non-hydrogen) atoms. The molecule has 3 aromatic rings. The second-order valence-electron chi connectivity index (χ2n) is 8.78. The summed E-state index contributed by atoms with van der Waals surface area (Å²) in [4.78, 5) is 10.5. The highest BCUT2D eigenvalue weighted by Gasteiger charge is 2.43. The van der Waals surface area contributed by atoms with E-state index in [0.717, 1.165) is 51.3 Å². The van der Waals surface area contributed by atoms with Gasteiger partial charge in [0, 0.05) is 34.3 Å². The normalized spacial score (nSPS) is 23.1. The highest BCUT2D eigenvalue weighted by molar-refractivity contribution is 7.19. The summed E-state index contributed by atoms with van der Waals surface area (Å²) in [6, 6.07) is 8.34. The largest absolute Gasteiger partial charge is 0.347 e. The van der Waals surface area contributed by atoms with E-state index in [1.165, 1.54) is 10.5 Å². The molecule has 1 saturated heterocycles. The standard InChI is InChI=1S/C25H25ClN2O2S/c1-24(2)29-15-25(3,30-24)17-8-10-27-21(13-17)19-9-11-28-22-14-18(31-23(19)22)12-16-6-4-5-7-20(16)26/h4,6,8-11,13-14H,5,7,12,15H2,1-3H3. The fourth-order valence-electron chi connectivity index (χ4n) is 4.27. The van der Waals surface area contributed by atoms with E-state index < -0.39 is 11.4 Å². The zero-order valence-electron chi connectivity index (χ0n) is 17.9. The van der Waals surface area contributed by atoms with Crippen molar-refractivity contribution in [3.05, 3.63) is 69.9 Å². The molecule has 5 rings (SSSR count). The Morgan fingerprint density at radius 1 is 1.13 bits per heavy atom. The Kier molecular flexibility index (Phi) is 5.25. The first-order valence-electron chi connectivity index (χ1n) is 10.6. The highest BCUT2D eigenvalue weighted by atomic mass is 35.5. The predicted octanol–water partition coefficient (Wildman–Crippen LogP) is 6.74. The van der Waals surface area contributed by atoms with Gasteiger partial charge in [0.15, 0.2) is 5.79 Å². The Hall–Kier alpha value is -2.05. The number of hydrogen-bond donors (Lipinski definition) is 0. The van der Waals surface area contributed by atoms with Crippen LogP contribution >= 0.6 is 22.9 Å². The molecule has 0 saturated carbocycles. The van der Waals surface area contributed by atoms with Crippen molar-refractivity contribution in [3.8, 4) is 11.3 Å². The number of pyridine rings is 2. The van der Waals surface area contributed by atoms with Crippen LogP contribution < -0.4 is 0 Å². The third-order valence-electron chi connectivity index (χ3n) is 5.84. The fraction of sp³-hybridized carbons (Fsp3) is 0.360. The van der Waals surface area contributed by atoms with Gasteiger partial charge in [-0.1, -0.05) is 23.8 Å². The van der Waals surface area contributed by atoms with E-state index in [4.69, 9.17) is 21.1 Å². The van der Waals surface area contributed by atoms with Crippen LogP contribution in [0, 0.1) is 0 Å². The lowest BCUT2D eigenvalue weighted by Gasteiger charge is -2.25. The number of hydrogen-bond acceptors (Lipinski definition) is 5. The third-order valence-corrected chi connectivity index (χ3v) is 7.43. The molecule has 6 heteroatoms. The van der Waals surface area contributed by atoms with Gasteiger partial charge in [-0.25, -0.2) is 0 Å². The number of fused-ring (bicyclic) bond motifs is 1. The van der Waals surface area contributed by atoms with Gasteiger partial charge in [-0.3, -0.25) is 9.97 Å². The lowest BCUT2D eigenvalue weighted by Crippen LogP contribution is -2.28. The maximum atomic E-state index is 6.46. The second kappa shape index (κ2) is 7.82. The summed E-state index contributed by atoms with van der Waals surface area (Å²) in [6.45, 7) is 6.48. The zero-order chi connectivity index (χ0) is 21.6. The van der Waals surface area contributed by atoms with E-state index in [1.807, 2.05) is 38.4 Å². The van der Waals surface area contributed by atoms with Crippen molar-refractivity contribution in [2.75, 3.05) is 6.61 Å². The molecule has 1 fully saturated rings. The topological polar surface area (TPSA) is 44.2 Å². The van der Waals surface area contributed by atoms with Gasteiger partial charge in [-0.2, -0.15) is 0 Å². The van der Waals surface area contributed by atoms with Crippen LogP contribution in [-0.2, 0) is 21.5 Å².